The molecule has 1 saturated heterocycles. The molecule has 1 aliphatic carbocycles. The van der Waals surface area contributed by atoms with Gasteiger partial charge in [-0.15, -0.1) is 0 Å². The summed E-state index contributed by atoms with van der Waals surface area (Å²) in [4.78, 5) is 25.9. The molecule has 2 N–H and O–H groups in total. The number of carbonyl (C=O) groups excluding carboxylic acids is 1. The van der Waals surface area contributed by atoms with E-state index in [-0.39, 0.29) is 17.9 Å². The van der Waals surface area contributed by atoms with E-state index in [0.717, 1.165) is 48.0 Å². The third-order valence-electron chi connectivity index (χ3n) is 5.99. The van der Waals surface area contributed by atoms with Crippen molar-refractivity contribution in [2.45, 2.75) is 25.4 Å². The van der Waals surface area contributed by atoms with Crippen LogP contribution in [-0.4, -0.2) is 47.2 Å². The van der Waals surface area contributed by atoms with E-state index in [2.05, 4.69) is 20.6 Å². The largest absolute Gasteiger partial charge is 0.488 e. The van der Waals surface area contributed by atoms with Crippen LogP contribution in [0, 0.1) is 5.92 Å². The van der Waals surface area contributed by atoms with Crippen LogP contribution >= 0.6 is 0 Å². The van der Waals surface area contributed by atoms with Crippen molar-refractivity contribution in [2.24, 2.45) is 5.92 Å². The van der Waals surface area contributed by atoms with Crippen molar-refractivity contribution < 1.29 is 18.7 Å². The second-order valence-electron chi connectivity index (χ2n) is 8.40. The fourth-order valence-electron chi connectivity index (χ4n) is 4.04. The molecule has 9 heteroatoms. The molecule has 1 aliphatic heterocycles. The van der Waals surface area contributed by atoms with Crippen LogP contribution in [0.25, 0.3) is 33.3 Å². The van der Waals surface area contributed by atoms with Crippen LogP contribution in [-0.2, 0) is 9.53 Å². The molecule has 2 aliphatic rings. The molecule has 1 aromatic carbocycles. The lowest BCUT2D eigenvalue weighted by Crippen LogP contribution is -2.15. The first kappa shape index (κ1) is 19.9. The molecule has 1 unspecified atom stereocenters. The van der Waals surface area contributed by atoms with Crippen LogP contribution in [0.1, 0.15) is 19.3 Å². The van der Waals surface area contributed by atoms with Crippen LogP contribution < -0.4 is 15.4 Å². The summed E-state index contributed by atoms with van der Waals surface area (Å²) in [6.07, 6.45) is 6.23. The number of fused-ring (bicyclic) bond motifs is 2. The fourth-order valence-corrected chi connectivity index (χ4v) is 4.04. The quantitative estimate of drug-likeness (QED) is 0.458. The summed E-state index contributed by atoms with van der Waals surface area (Å²) in [7, 11) is 1.81. The van der Waals surface area contributed by atoms with Gasteiger partial charge in [-0.2, -0.15) is 0 Å². The third kappa shape index (κ3) is 3.84. The molecule has 0 spiro atoms. The van der Waals surface area contributed by atoms with Gasteiger partial charge in [-0.05, 0) is 31.0 Å². The van der Waals surface area contributed by atoms with Crippen molar-refractivity contribution in [1.29, 1.82) is 0 Å². The topological polar surface area (TPSA) is 111 Å². The molecule has 1 saturated carbocycles. The van der Waals surface area contributed by atoms with Crippen LogP contribution in [0.15, 0.2) is 41.1 Å². The van der Waals surface area contributed by atoms with Gasteiger partial charge in [-0.25, -0.2) is 15.0 Å². The second kappa shape index (κ2) is 8.00. The number of hydrogen-bond donors (Lipinski definition) is 2. The Hall–Kier alpha value is -3.72. The zero-order valence-electron chi connectivity index (χ0n) is 18.1. The molecular weight excluding hydrogens is 422 g/mol. The van der Waals surface area contributed by atoms with Gasteiger partial charge in [0.25, 0.3) is 0 Å². The van der Waals surface area contributed by atoms with Gasteiger partial charge in [0.1, 0.15) is 29.0 Å². The van der Waals surface area contributed by atoms with E-state index < -0.39 is 0 Å². The first-order valence-electron chi connectivity index (χ1n) is 11.1. The van der Waals surface area contributed by atoms with E-state index in [1.165, 1.54) is 0 Å². The number of amides is 1. The average molecular weight is 445 g/mol. The average Bonchev–Trinajstić information content (AvgIpc) is 3.41. The van der Waals surface area contributed by atoms with Gasteiger partial charge < -0.3 is 24.5 Å². The molecule has 0 bridgehead atoms. The number of nitrogens with one attached hydrogen (secondary N) is 2. The zero-order valence-corrected chi connectivity index (χ0v) is 18.1. The second-order valence-corrected chi connectivity index (χ2v) is 8.40. The van der Waals surface area contributed by atoms with Crippen LogP contribution in [0.5, 0.6) is 5.75 Å². The Morgan fingerprint density at radius 2 is 2.03 bits per heavy atom. The van der Waals surface area contributed by atoms with E-state index in [0.29, 0.717) is 35.2 Å². The molecule has 4 aromatic rings. The minimum atomic E-state index is 0.00773. The van der Waals surface area contributed by atoms with E-state index in [1.807, 2.05) is 24.3 Å². The summed E-state index contributed by atoms with van der Waals surface area (Å²) >= 11 is 0. The van der Waals surface area contributed by atoms with Gasteiger partial charge in [-0.3, -0.25) is 4.79 Å². The number of rotatable bonds is 6. The number of carbonyl (C=O) groups is 1. The van der Waals surface area contributed by atoms with Crippen LogP contribution in [0.4, 0.5) is 11.6 Å². The Kier molecular flexibility index (Phi) is 4.83. The lowest BCUT2D eigenvalue weighted by molar-refractivity contribution is -0.117. The summed E-state index contributed by atoms with van der Waals surface area (Å²) in [6.45, 7) is 1.33. The van der Waals surface area contributed by atoms with Gasteiger partial charge >= 0.3 is 0 Å². The first-order chi connectivity index (χ1) is 16.2. The smallest absolute Gasteiger partial charge is 0.229 e. The number of aromatic nitrogens is 3. The third-order valence-corrected chi connectivity index (χ3v) is 5.99. The van der Waals surface area contributed by atoms with Gasteiger partial charge in [0.05, 0.1) is 18.8 Å². The standard InChI is InChI=1S/C24H23N5O4/c1-25-22-17-10-26-21(29-23(30)13-2-3-13)9-16(17)18(11-27-22)24-28-19-8-14(4-5-20(19)33-24)32-15-6-7-31-12-15/h4-5,8-11,13,15H,2-3,6-7,12H2,1H3,(H,25,27)(H,26,29,30). The maximum Gasteiger partial charge on any atom is 0.229 e. The minimum Gasteiger partial charge on any atom is -0.488 e. The van der Waals surface area contributed by atoms with Gasteiger partial charge in [0.2, 0.25) is 11.8 Å². The summed E-state index contributed by atoms with van der Waals surface area (Å²) in [5, 5.41) is 7.65. The molecule has 2 fully saturated rings. The molecule has 1 amide bonds. The predicted molar refractivity (Wildman–Crippen MR) is 123 cm³/mol. The molecule has 4 heterocycles. The summed E-state index contributed by atoms with van der Waals surface area (Å²) < 4.78 is 17.5. The van der Waals surface area contributed by atoms with E-state index in [4.69, 9.17) is 18.9 Å². The Balaban J connectivity index is 1.39. The Bertz CT molecular complexity index is 1360. The summed E-state index contributed by atoms with van der Waals surface area (Å²) in [5.74, 6) is 2.47. The molecule has 168 valence electrons. The first-order valence-corrected chi connectivity index (χ1v) is 11.1. The molecule has 6 rings (SSSR count). The van der Waals surface area contributed by atoms with Crippen LogP contribution in [0.3, 0.4) is 0 Å². The summed E-state index contributed by atoms with van der Waals surface area (Å²) in [6, 6.07) is 7.46. The fraction of sp³-hybridized carbons (Fsp3) is 0.333. The predicted octanol–water partition coefficient (Wildman–Crippen LogP) is 4.00. The van der Waals surface area contributed by atoms with E-state index >= 15 is 0 Å². The zero-order chi connectivity index (χ0) is 22.4. The van der Waals surface area contributed by atoms with Crippen molar-refractivity contribution in [1.82, 2.24) is 15.0 Å². The molecule has 0 radical (unpaired) electrons. The van der Waals surface area contributed by atoms with Gasteiger partial charge in [0.15, 0.2) is 5.58 Å². The van der Waals surface area contributed by atoms with E-state index in [9.17, 15) is 4.79 Å². The molecule has 1 atom stereocenters. The number of pyridine rings is 2. The van der Waals surface area contributed by atoms with Gasteiger partial charge in [-0.1, -0.05) is 0 Å². The number of oxazole rings is 1. The number of benzene rings is 1. The SMILES string of the molecule is CNc1ncc(-c2nc3cc(OC4CCOC4)ccc3o2)c2cc(NC(=O)C3CC3)ncc12. The van der Waals surface area contributed by atoms with Crippen molar-refractivity contribution in [3.63, 3.8) is 0 Å². The number of hydrogen-bond acceptors (Lipinski definition) is 8. The summed E-state index contributed by atoms with van der Waals surface area (Å²) in [5.41, 5.74) is 2.07. The monoisotopic (exact) mass is 445 g/mol. The molecule has 33 heavy (non-hydrogen) atoms. The van der Waals surface area contributed by atoms with Crippen molar-refractivity contribution in [3.8, 4) is 17.2 Å². The van der Waals surface area contributed by atoms with Gasteiger partial charge in [0, 0.05) is 48.6 Å². The van der Waals surface area contributed by atoms with Crippen molar-refractivity contribution >= 4 is 39.4 Å². The maximum absolute atomic E-state index is 12.2. The Morgan fingerprint density at radius 1 is 1.12 bits per heavy atom. The molecule has 3 aromatic heterocycles. The lowest BCUT2D eigenvalue weighted by Gasteiger charge is -2.10. The highest BCUT2D eigenvalue weighted by molar-refractivity contribution is 6.03. The van der Waals surface area contributed by atoms with Crippen LogP contribution in [0.2, 0.25) is 0 Å². The molecular formula is C24H23N5O4. The van der Waals surface area contributed by atoms with Crippen molar-refractivity contribution in [3.05, 3.63) is 36.7 Å². The lowest BCUT2D eigenvalue weighted by atomic mass is 10.1. The Morgan fingerprint density at radius 3 is 2.82 bits per heavy atom. The highest BCUT2D eigenvalue weighted by Crippen LogP contribution is 2.35. The van der Waals surface area contributed by atoms with Crippen molar-refractivity contribution in [2.75, 3.05) is 30.9 Å². The highest BCUT2D eigenvalue weighted by atomic mass is 16.5. The molecule has 9 nitrogen and oxygen atoms in total. The number of nitrogens with zero attached hydrogens (tertiary/aromatic N) is 3. The minimum absolute atomic E-state index is 0.00773. The number of ether oxygens (including phenoxy) is 2. The Labute approximate surface area is 189 Å². The van der Waals surface area contributed by atoms with E-state index in [1.54, 1.807) is 19.4 Å². The number of anilines is 2. The normalized spacial score (nSPS) is 18.0. The highest BCUT2D eigenvalue weighted by Gasteiger charge is 2.30. The maximum atomic E-state index is 12.2.